The zero-order chi connectivity index (χ0) is 15.8. The summed E-state index contributed by atoms with van der Waals surface area (Å²) in [5.74, 6) is -0.366. The van der Waals surface area contributed by atoms with Crippen LogP contribution in [0.25, 0.3) is 0 Å². The van der Waals surface area contributed by atoms with Crippen molar-refractivity contribution in [2.45, 2.75) is 39.2 Å². The number of aryl methyl sites for hydroxylation is 1. The molecule has 0 aliphatic heterocycles. The molecule has 21 heavy (non-hydrogen) atoms. The molecule has 1 heterocycles. The number of rotatable bonds is 8. The van der Waals surface area contributed by atoms with Gasteiger partial charge in [0.1, 0.15) is 0 Å². The minimum absolute atomic E-state index is 0.270. The quantitative estimate of drug-likeness (QED) is 0.411. The fraction of sp³-hybridized carbons (Fsp3) is 0.533. The van der Waals surface area contributed by atoms with Crippen LogP contribution in [0, 0.1) is 0 Å². The van der Waals surface area contributed by atoms with E-state index < -0.39 is 0 Å². The van der Waals surface area contributed by atoms with Gasteiger partial charge in [0.25, 0.3) is 5.56 Å². The molecule has 0 aliphatic rings. The first kappa shape index (κ1) is 16.9. The third kappa shape index (κ3) is 5.41. The van der Waals surface area contributed by atoms with E-state index in [0.717, 1.165) is 25.7 Å². The van der Waals surface area contributed by atoms with Crippen LogP contribution in [0.15, 0.2) is 34.0 Å². The topological polar surface area (TPSA) is 70.3 Å². The molecular formula is C15H22N2O4. The Morgan fingerprint density at radius 2 is 1.90 bits per heavy atom. The predicted molar refractivity (Wildman–Crippen MR) is 80.2 cm³/mol. The van der Waals surface area contributed by atoms with Gasteiger partial charge in [0.15, 0.2) is 0 Å². The Morgan fingerprint density at radius 3 is 2.57 bits per heavy atom. The number of carbonyl (C=O) groups is 1. The number of carbonyl (C=O) groups excluding carboxylic acids is 1. The number of hydrogen-bond donors (Lipinski definition) is 0. The van der Waals surface area contributed by atoms with Gasteiger partial charge in [0.2, 0.25) is 0 Å². The molecule has 1 aromatic heterocycles. The Balaban J connectivity index is 2.25. The van der Waals surface area contributed by atoms with E-state index in [1.807, 2.05) is 0 Å². The van der Waals surface area contributed by atoms with Gasteiger partial charge in [-0.05, 0) is 26.2 Å². The van der Waals surface area contributed by atoms with Crippen molar-refractivity contribution in [3.63, 3.8) is 0 Å². The lowest BCUT2D eigenvalue weighted by atomic mass is 10.2. The molecule has 116 valence electrons. The van der Waals surface area contributed by atoms with E-state index in [1.54, 1.807) is 14.0 Å². The van der Waals surface area contributed by atoms with Crippen molar-refractivity contribution in [1.82, 2.24) is 9.13 Å². The smallest absolute Gasteiger partial charge is 0.333 e. The van der Waals surface area contributed by atoms with Gasteiger partial charge >= 0.3 is 11.7 Å². The average Bonchev–Trinajstić information content (AvgIpc) is 2.44. The first-order chi connectivity index (χ1) is 9.93. The van der Waals surface area contributed by atoms with Crippen molar-refractivity contribution in [3.8, 4) is 0 Å². The maximum absolute atomic E-state index is 11.8. The Morgan fingerprint density at radius 1 is 1.24 bits per heavy atom. The fourth-order valence-electron chi connectivity index (χ4n) is 1.83. The molecular weight excluding hydrogens is 272 g/mol. The normalized spacial score (nSPS) is 10.4. The van der Waals surface area contributed by atoms with Crippen LogP contribution in [-0.4, -0.2) is 21.7 Å². The maximum Gasteiger partial charge on any atom is 0.333 e. The molecule has 0 saturated carbocycles. The largest absolute Gasteiger partial charge is 0.462 e. The third-order valence-electron chi connectivity index (χ3n) is 3.10. The highest BCUT2D eigenvalue weighted by molar-refractivity contribution is 5.86. The SMILES string of the molecule is C=C(C)C(=O)OCCCCCCn1c(=O)ccn(C)c1=O. The summed E-state index contributed by atoms with van der Waals surface area (Å²) in [6, 6.07) is 1.39. The number of ether oxygens (including phenoxy) is 1. The molecule has 0 fully saturated rings. The maximum atomic E-state index is 11.8. The molecule has 0 spiro atoms. The van der Waals surface area contributed by atoms with Crippen molar-refractivity contribution in [1.29, 1.82) is 0 Å². The second kappa shape index (κ2) is 8.24. The first-order valence-corrected chi connectivity index (χ1v) is 7.02. The molecule has 0 radical (unpaired) electrons. The summed E-state index contributed by atoms with van der Waals surface area (Å²) in [6.07, 6.45) is 4.73. The monoisotopic (exact) mass is 294 g/mol. The summed E-state index contributed by atoms with van der Waals surface area (Å²) >= 11 is 0. The Kier molecular flexibility index (Phi) is 6.65. The van der Waals surface area contributed by atoms with Crippen molar-refractivity contribution in [3.05, 3.63) is 45.3 Å². The Bertz CT molecular complexity index is 613. The summed E-state index contributed by atoms with van der Waals surface area (Å²) in [6.45, 7) is 5.90. The van der Waals surface area contributed by atoms with E-state index >= 15 is 0 Å². The fourth-order valence-corrected chi connectivity index (χ4v) is 1.83. The van der Waals surface area contributed by atoms with Crippen molar-refractivity contribution < 1.29 is 9.53 Å². The summed E-state index contributed by atoms with van der Waals surface area (Å²) in [4.78, 5) is 34.5. The van der Waals surface area contributed by atoms with Crippen molar-refractivity contribution in [2.75, 3.05) is 6.61 Å². The third-order valence-corrected chi connectivity index (χ3v) is 3.10. The molecule has 1 rings (SSSR count). The van der Waals surface area contributed by atoms with Crippen LogP contribution < -0.4 is 11.2 Å². The van der Waals surface area contributed by atoms with Crippen LogP contribution in [-0.2, 0) is 23.1 Å². The lowest BCUT2D eigenvalue weighted by Gasteiger charge is -2.07. The minimum atomic E-state index is -0.366. The second-order valence-corrected chi connectivity index (χ2v) is 5.03. The van der Waals surface area contributed by atoms with Crippen molar-refractivity contribution >= 4 is 5.97 Å². The molecule has 0 saturated heterocycles. The second-order valence-electron chi connectivity index (χ2n) is 5.03. The molecule has 0 aromatic carbocycles. The molecule has 0 amide bonds. The molecule has 0 atom stereocenters. The van der Waals surface area contributed by atoms with Gasteiger partial charge in [-0.1, -0.05) is 13.0 Å². The van der Waals surface area contributed by atoms with E-state index in [-0.39, 0.29) is 17.2 Å². The van der Waals surface area contributed by atoms with E-state index in [9.17, 15) is 14.4 Å². The predicted octanol–water partition coefficient (Wildman–Crippen LogP) is 1.23. The number of aromatic nitrogens is 2. The van der Waals surface area contributed by atoms with E-state index in [4.69, 9.17) is 4.74 Å². The van der Waals surface area contributed by atoms with Crippen LogP contribution in [0.2, 0.25) is 0 Å². The molecule has 6 nitrogen and oxygen atoms in total. The average molecular weight is 294 g/mol. The van der Waals surface area contributed by atoms with E-state index in [2.05, 4.69) is 6.58 Å². The van der Waals surface area contributed by atoms with Crippen LogP contribution in [0.1, 0.15) is 32.6 Å². The molecule has 6 heteroatoms. The molecule has 0 N–H and O–H groups in total. The zero-order valence-electron chi connectivity index (χ0n) is 12.6. The molecule has 0 bridgehead atoms. The highest BCUT2D eigenvalue weighted by Crippen LogP contribution is 2.02. The number of unbranched alkanes of at least 4 members (excludes halogenated alkanes) is 3. The van der Waals surface area contributed by atoms with E-state index in [0.29, 0.717) is 18.7 Å². The minimum Gasteiger partial charge on any atom is -0.462 e. The van der Waals surface area contributed by atoms with E-state index in [1.165, 1.54) is 21.4 Å². The lowest BCUT2D eigenvalue weighted by Crippen LogP contribution is -2.37. The standard InChI is InChI=1S/C15H22N2O4/c1-12(2)14(19)21-11-7-5-4-6-9-17-13(18)8-10-16(3)15(17)20/h8,10H,1,4-7,9,11H2,2-3H3. The summed E-state index contributed by atoms with van der Waals surface area (Å²) in [5.41, 5.74) is -0.166. The van der Waals surface area contributed by atoms with Gasteiger partial charge in [-0.25, -0.2) is 9.59 Å². The van der Waals surface area contributed by atoms with Gasteiger partial charge in [-0.15, -0.1) is 0 Å². The van der Waals surface area contributed by atoms with Crippen molar-refractivity contribution in [2.24, 2.45) is 7.05 Å². The lowest BCUT2D eigenvalue weighted by molar-refractivity contribution is -0.139. The van der Waals surface area contributed by atoms with Gasteiger partial charge in [0.05, 0.1) is 6.61 Å². The van der Waals surface area contributed by atoms with Gasteiger partial charge < -0.3 is 9.30 Å². The zero-order valence-corrected chi connectivity index (χ0v) is 12.6. The highest BCUT2D eigenvalue weighted by Gasteiger charge is 2.03. The number of esters is 1. The molecule has 1 aromatic rings. The van der Waals surface area contributed by atoms with Gasteiger partial charge in [-0.3, -0.25) is 9.36 Å². The van der Waals surface area contributed by atoms with Crippen LogP contribution >= 0.6 is 0 Å². The summed E-state index contributed by atoms with van der Waals surface area (Å²) in [5, 5.41) is 0. The first-order valence-electron chi connectivity index (χ1n) is 7.02. The molecule has 0 unspecified atom stereocenters. The molecule has 0 aliphatic carbocycles. The van der Waals surface area contributed by atoms with Crippen LogP contribution in [0.5, 0.6) is 0 Å². The summed E-state index contributed by atoms with van der Waals surface area (Å²) in [7, 11) is 1.62. The number of hydrogen-bond acceptors (Lipinski definition) is 4. The van der Waals surface area contributed by atoms with Gasteiger partial charge in [-0.2, -0.15) is 0 Å². The van der Waals surface area contributed by atoms with Gasteiger partial charge in [0, 0.05) is 31.4 Å². The number of nitrogens with zero attached hydrogens (tertiary/aromatic N) is 2. The van der Waals surface area contributed by atoms with Crippen LogP contribution in [0.4, 0.5) is 0 Å². The Labute approximate surface area is 123 Å². The summed E-state index contributed by atoms with van der Waals surface area (Å²) < 4.78 is 7.60. The highest BCUT2D eigenvalue weighted by atomic mass is 16.5. The van der Waals surface area contributed by atoms with Crippen LogP contribution in [0.3, 0.4) is 0 Å². The Hall–Kier alpha value is -2.11.